The number of hydrogen-bond acceptors (Lipinski definition) is 3. The number of fused-ring (bicyclic) bond motifs is 4. The maximum atomic E-state index is 15.0. The summed E-state index contributed by atoms with van der Waals surface area (Å²) in [4.78, 5) is 12.0. The number of para-hydroxylation sites is 1. The van der Waals surface area contributed by atoms with E-state index in [1.165, 1.54) is 33.3 Å². The normalized spacial score (nSPS) is 21.5. The molecule has 0 unspecified atom stereocenters. The van der Waals surface area contributed by atoms with Crippen LogP contribution in [0.1, 0.15) is 55.7 Å². The molecule has 2 aromatic carbocycles. The molecule has 4 aromatic rings. The van der Waals surface area contributed by atoms with E-state index in [4.69, 9.17) is 5.26 Å². The van der Waals surface area contributed by atoms with Crippen LogP contribution < -0.4 is 0 Å². The molecule has 186 valence electrons. The van der Waals surface area contributed by atoms with Gasteiger partial charge in [-0.05, 0) is 68.5 Å². The van der Waals surface area contributed by atoms with E-state index < -0.39 is 5.67 Å². The summed E-state index contributed by atoms with van der Waals surface area (Å²) >= 11 is 0. The average Bonchev–Trinajstić information content (AvgIpc) is 3.37. The molecule has 2 aromatic heterocycles. The van der Waals surface area contributed by atoms with E-state index >= 15 is 4.39 Å². The molecule has 4 heterocycles. The smallest absolute Gasteiger partial charge is 0.118 e. The maximum Gasteiger partial charge on any atom is 0.118 e. The van der Waals surface area contributed by atoms with Gasteiger partial charge in [0.1, 0.15) is 5.67 Å². The third kappa shape index (κ3) is 4.21. The zero-order valence-electron chi connectivity index (χ0n) is 21.3. The monoisotopic (exact) mass is 483 g/mol. The fraction of sp³-hybridized carbons (Fsp3) is 0.433. The van der Waals surface area contributed by atoms with Crippen molar-refractivity contribution in [2.75, 3.05) is 19.6 Å². The molecule has 2 atom stereocenters. The zero-order valence-corrected chi connectivity index (χ0v) is 21.3. The molecule has 0 aliphatic carbocycles. The van der Waals surface area contributed by atoms with Crippen LogP contribution in [0.5, 0.6) is 0 Å². The summed E-state index contributed by atoms with van der Waals surface area (Å²) in [6, 6.07) is 19.9. The highest BCUT2D eigenvalue weighted by Crippen LogP contribution is 2.42. The Morgan fingerprint density at radius 1 is 1.08 bits per heavy atom. The molecule has 0 saturated carbocycles. The molecule has 0 bridgehead atoms. The first-order chi connectivity index (χ1) is 17.3. The second-order valence-electron chi connectivity index (χ2n) is 11.5. The number of hydrogen-bond donors (Lipinski definition) is 2. The van der Waals surface area contributed by atoms with Gasteiger partial charge in [-0.3, -0.25) is 9.80 Å². The molecule has 36 heavy (non-hydrogen) atoms. The highest BCUT2D eigenvalue weighted by atomic mass is 19.1. The lowest BCUT2D eigenvalue weighted by Crippen LogP contribution is -2.47. The molecule has 5 nitrogen and oxygen atoms in total. The van der Waals surface area contributed by atoms with E-state index in [0.717, 1.165) is 37.1 Å². The number of nitrogens with zero attached hydrogens (tertiary/aromatic N) is 3. The van der Waals surface area contributed by atoms with Crippen molar-refractivity contribution in [1.82, 2.24) is 19.8 Å². The molecule has 0 spiro atoms. The van der Waals surface area contributed by atoms with Crippen LogP contribution in [0.25, 0.3) is 21.8 Å². The number of aromatic amines is 2. The average molecular weight is 484 g/mol. The van der Waals surface area contributed by atoms with E-state index in [2.05, 4.69) is 81.3 Å². The van der Waals surface area contributed by atoms with Crippen LogP contribution in [0.4, 0.5) is 4.39 Å². The van der Waals surface area contributed by atoms with Gasteiger partial charge in [-0.15, -0.1) is 0 Å². The molecule has 6 rings (SSSR count). The largest absolute Gasteiger partial charge is 0.357 e. The SMILES string of the molecule is C[C@@H]1Cc2c([nH]c3ccccc23)[C@@H](c2ccc3[nH]c(CN4CC(CC#N)C4)cc3c2)N1CC(C)(C)F. The number of rotatable bonds is 6. The first-order valence-electron chi connectivity index (χ1n) is 13.0. The topological polar surface area (TPSA) is 61.9 Å². The van der Waals surface area contributed by atoms with Gasteiger partial charge in [-0.1, -0.05) is 24.3 Å². The highest BCUT2D eigenvalue weighted by molar-refractivity contribution is 5.86. The number of benzene rings is 2. The lowest BCUT2D eigenvalue weighted by atomic mass is 9.87. The third-order valence-electron chi connectivity index (χ3n) is 7.90. The van der Waals surface area contributed by atoms with Gasteiger partial charge in [0.05, 0.1) is 12.1 Å². The number of nitriles is 1. The fourth-order valence-corrected chi connectivity index (χ4v) is 6.32. The minimum atomic E-state index is -1.29. The summed E-state index contributed by atoms with van der Waals surface area (Å²) in [5.74, 6) is 0.510. The van der Waals surface area contributed by atoms with Crippen LogP contribution in [0.3, 0.4) is 0 Å². The van der Waals surface area contributed by atoms with Crippen molar-refractivity contribution >= 4 is 21.8 Å². The number of H-pyrrole nitrogens is 2. The van der Waals surface area contributed by atoms with Crippen molar-refractivity contribution in [3.8, 4) is 6.07 Å². The summed E-state index contributed by atoms with van der Waals surface area (Å²) in [5, 5.41) is 11.4. The van der Waals surface area contributed by atoms with E-state index in [-0.39, 0.29) is 12.1 Å². The standard InChI is InChI=1S/C30H34FN5/c1-19-12-25-24-6-4-5-7-27(24)34-28(25)29(36(19)18-30(2,3)31)21-8-9-26-22(13-21)14-23(33-26)17-35-15-20(16-35)10-11-32/h4-9,13-14,19-20,29,33-34H,10,12,15-18H2,1-3H3/t19-,29-/m1/s1. The Morgan fingerprint density at radius 2 is 1.89 bits per heavy atom. The Labute approximate surface area is 211 Å². The Bertz CT molecular complexity index is 1450. The van der Waals surface area contributed by atoms with Gasteiger partial charge in [0.2, 0.25) is 0 Å². The van der Waals surface area contributed by atoms with Crippen LogP contribution in [0.15, 0.2) is 48.5 Å². The van der Waals surface area contributed by atoms with Gasteiger partial charge < -0.3 is 9.97 Å². The van der Waals surface area contributed by atoms with Gasteiger partial charge in [0, 0.05) is 71.8 Å². The van der Waals surface area contributed by atoms with Crippen molar-refractivity contribution in [2.45, 2.75) is 57.9 Å². The van der Waals surface area contributed by atoms with Crippen LogP contribution in [0.2, 0.25) is 0 Å². The summed E-state index contributed by atoms with van der Waals surface area (Å²) in [7, 11) is 0. The fourth-order valence-electron chi connectivity index (χ4n) is 6.32. The lowest BCUT2D eigenvalue weighted by molar-refractivity contribution is 0.0668. The van der Waals surface area contributed by atoms with Crippen LogP contribution in [0, 0.1) is 17.2 Å². The van der Waals surface area contributed by atoms with Gasteiger partial charge in [0.25, 0.3) is 0 Å². The number of likely N-dealkylation sites (tertiary alicyclic amines) is 1. The minimum Gasteiger partial charge on any atom is -0.357 e. The number of halogens is 1. The molecule has 0 amide bonds. The molecule has 0 radical (unpaired) electrons. The second kappa shape index (κ2) is 8.76. The maximum absolute atomic E-state index is 15.0. The van der Waals surface area contributed by atoms with Crippen molar-refractivity contribution in [2.24, 2.45) is 5.92 Å². The number of aromatic nitrogens is 2. The minimum absolute atomic E-state index is 0.0314. The molecule has 1 saturated heterocycles. The first kappa shape index (κ1) is 23.3. The zero-order chi connectivity index (χ0) is 25.0. The van der Waals surface area contributed by atoms with E-state index in [1.807, 2.05) is 0 Å². The van der Waals surface area contributed by atoms with Crippen molar-refractivity contribution in [3.05, 3.63) is 71.0 Å². The van der Waals surface area contributed by atoms with Gasteiger partial charge in [-0.2, -0.15) is 5.26 Å². The Morgan fingerprint density at radius 3 is 2.67 bits per heavy atom. The Hall–Kier alpha value is -3.14. The van der Waals surface area contributed by atoms with E-state index in [9.17, 15) is 0 Å². The molecule has 2 aliphatic rings. The van der Waals surface area contributed by atoms with Gasteiger partial charge >= 0.3 is 0 Å². The van der Waals surface area contributed by atoms with Crippen molar-refractivity contribution < 1.29 is 4.39 Å². The highest BCUT2D eigenvalue weighted by Gasteiger charge is 2.38. The predicted molar refractivity (Wildman–Crippen MR) is 142 cm³/mol. The number of alkyl halides is 1. The summed E-state index contributed by atoms with van der Waals surface area (Å²) in [5.41, 5.74) is 5.92. The van der Waals surface area contributed by atoms with Crippen LogP contribution in [-0.2, 0) is 13.0 Å². The predicted octanol–water partition coefficient (Wildman–Crippen LogP) is 6.08. The van der Waals surface area contributed by atoms with E-state index in [0.29, 0.717) is 18.9 Å². The van der Waals surface area contributed by atoms with Crippen LogP contribution in [-0.4, -0.2) is 51.1 Å². The summed E-state index contributed by atoms with van der Waals surface area (Å²) in [6.07, 6.45) is 1.55. The van der Waals surface area contributed by atoms with Crippen LogP contribution >= 0.6 is 0 Å². The Balaban J connectivity index is 1.37. The van der Waals surface area contributed by atoms with Crippen molar-refractivity contribution in [3.63, 3.8) is 0 Å². The van der Waals surface area contributed by atoms with E-state index in [1.54, 1.807) is 13.8 Å². The lowest BCUT2D eigenvalue weighted by Gasteiger charge is -2.43. The molecule has 2 aliphatic heterocycles. The first-order valence-corrected chi connectivity index (χ1v) is 13.0. The van der Waals surface area contributed by atoms with Crippen molar-refractivity contribution in [1.29, 1.82) is 5.26 Å². The summed E-state index contributed by atoms with van der Waals surface area (Å²) < 4.78 is 15.0. The molecular formula is C30H34FN5. The molecule has 1 fully saturated rings. The molecule has 2 N–H and O–H groups in total. The Kier molecular flexibility index (Phi) is 5.66. The van der Waals surface area contributed by atoms with Gasteiger partial charge in [0.15, 0.2) is 0 Å². The number of nitrogens with one attached hydrogen (secondary N) is 2. The quantitative estimate of drug-likeness (QED) is 0.349. The second-order valence-corrected chi connectivity index (χ2v) is 11.5. The van der Waals surface area contributed by atoms with Gasteiger partial charge in [-0.25, -0.2) is 4.39 Å². The molecular weight excluding hydrogens is 449 g/mol. The molecule has 6 heteroatoms. The third-order valence-corrected chi connectivity index (χ3v) is 7.90. The summed E-state index contributed by atoms with van der Waals surface area (Å²) in [6.45, 7) is 8.81.